The maximum atomic E-state index is 13.7. The second-order valence-corrected chi connectivity index (χ2v) is 9.04. The molecule has 1 spiro atoms. The molecule has 8 heteroatoms. The van der Waals surface area contributed by atoms with Crippen LogP contribution in [-0.4, -0.2) is 48.6 Å². The molecule has 1 fully saturated rings. The Morgan fingerprint density at radius 3 is 2.39 bits per heavy atom. The third kappa shape index (κ3) is 4.49. The first-order chi connectivity index (χ1) is 15.6. The number of carbonyl (C=O) groups is 2. The molecule has 2 aliphatic rings. The van der Waals surface area contributed by atoms with E-state index in [1.807, 2.05) is 42.6 Å². The molecule has 2 heterocycles. The molecule has 0 aliphatic carbocycles. The number of nitrogens with one attached hydrogen (secondary N) is 1. The highest BCUT2D eigenvalue weighted by Crippen LogP contribution is 2.49. The summed E-state index contributed by atoms with van der Waals surface area (Å²) in [5, 5.41) is 1.97. The predicted octanol–water partition coefficient (Wildman–Crippen LogP) is 3.94. The standard InChI is InChI=1S/C25H28F3N3O2/c1-17-7-6-10-20-22(17)24(11-13-30(14-12-24)15-19-8-4-3-5-9-19)23(33)31(20)16-21(32)29-18(2)25(26,27)28/h3-10,18H,11-16H2,1-2H3,(H,29,32). The summed E-state index contributed by atoms with van der Waals surface area (Å²) in [5.74, 6) is -1.01. The summed E-state index contributed by atoms with van der Waals surface area (Å²) in [6.07, 6.45) is -3.33. The Hall–Kier alpha value is -2.87. The molecule has 33 heavy (non-hydrogen) atoms. The van der Waals surface area contributed by atoms with E-state index < -0.39 is 30.1 Å². The van der Waals surface area contributed by atoms with E-state index in [9.17, 15) is 22.8 Å². The molecule has 1 N–H and O–H groups in total. The van der Waals surface area contributed by atoms with Crippen molar-refractivity contribution in [1.29, 1.82) is 0 Å². The van der Waals surface area contributed by atoms with Crippen molar-refractivity contribution in [3.05, 3.63) is 65.2 Å². The van der Waals surface area contributed by atoms with Gasteiger partial charge in [0, 0.05) is 12.2 Å². The van der Waals surface area contributed by atoms with Crippen molar-refractivity contribution in [2.24, 2.45) is 0 Å². The lowest BCUT2D eigenvalue weighted by atomic mass is 9.72. The average Bonchev–Trinajstić information content (AvgIpc) is 2.99. The molecule has 4 rings (SSSR count). The van der Waals surface area contributed by atoms with Crippen molar-refractivity contribution in [1.82, 2.24) is 10.2 Å². The molecule has 0 radical (unpaired) electrons. The highest BCUT2D eigenvalue weighted by molar-refractivity contribution is 6.11. The lowest BCUT2D eigenvalue weighted by molar-refractivity contribution is -0.157. The van der Waals surface area contributed by atoms with Crippen LogP contribution in [0.25, 0.3) is 0 Å². The number of likely N-dealkylation sites (tertiary alicyclic amines) is 1. The molecule has 0 bridgehead atoms. The molecule has 2 aliphatic heterocycles. The molecule has 2 aromatic carbocycles. The Morgan fingerprint density at radius 1 is 1.09 bits per heavy atom. The number of nitrogens with zero attached hydrogens (tertiary/aromatic N) is 2. The summed E-state index contributed by atoms with van der Waals surface area (Å²) in [5.41, 5.74) is 2.96. The van der Waals surface area contributed by atoms with Gasteiger partial charge in [-0.05, 0) is 62.5 Å². The van der Waals surface area contributed by atoms with E-state index in [2.05, 4.69) is 17.0 Å². The fourth-order valence-electron chi connectivity index (χ4n) is 5.04. The van der Waals surface area contributed by atoms with Crippen LogP contribution in [0, 0.1) is 6.92 Å². The number of carbonyl (C=O) groups excluding carboxylic acids is 2. The minimum absolute atomic E-state index is 0.194. The summed E-state index contributed by atoms with van der Waals surface area (Å²) in [6, 6.07) is 13.7. The third-order valence-electron chi connectivity index (χ3n) is 6.80. The van der Waals surface area contributed by atoms with E-state index in [4.69, 9.17) is 0 Å². The smallest absolute Gasteiger partial charge is 0.343 e. The maximum absolute atomic E-state index is 13.7. The summed E-state index contributed by atoms with van der Waals surface area (Å²) in [7, 11) is 0. The van der Waals surface area contributed by atoms with Crippen LogP contribution in [0.15, 0.2) is 48.5 Å². The normalized spacial score (nSPS) is 18.9. The van der Waals surface area contributed by atoms with E-state index in [-0.39, 0.29) is 5.91 Å². The Bertz CT molecular complexity index is 1030. The van der Waals surface area contributed by atoms with Gasteiger partial charge in [-0.2, -0.15) is 13.2 Å². The monoisotopic (exact) mass is 459 g/mol. The number of hydrogen-bond donors (Lipinski definition) is 1. The van der Waals surface area contributed by atoms with E-state index in [0.717, 1.165) is 37.7 Å². The summed E-state index contributed by atoms with van der Waals surface area (Å²) in [4.78, 5) is 29.8. The van der Waals surface area contributed by atoms with Gasteiger partial charge in [0.25, 0.3) is 0 Å². The van der Waals surface area contributed by atoms with E-state index in [1.165, 1.54) is 10.5 Å². The number of hydrogen-bond acceptors (Lipinski definition) is 3. The minimum atomic E-state index is -4.54. The highest BCUT2D eigenvalue weighted by Gasteiger charge is 2.53. The largest absolute Gasteiger partial charge is 0.408 e. The van der Waals surface area contributed by atoms with Crippen molar-refractivity contribution in [2.45, 2.75) is 50.9 Å². The molecule has 1 saturated heterocycles. The summed E-state index contributed by atoms with van der Waals surface area (Å²) in [6.45, 7) is 4.66. The van der Waals surface area contributed by atoms with Gasteiger partial charge >= 0.3 is 6.18 Å². The number of amides is 2. The van der Waals surface area contributed by atoms with Gasteiger partial charge in [0.2, 0.25) is 11.8 Å². The maximum Gasteiger partial charge on any atom is 0.408 e. The van der Waals surface area contributed by atoms with E-state index >= 15 is 0 Å². The van der Waals surface area contributed by atoms with Gasteiger partial charge in [-0.1, -0.05) is 42.5 Å². The van der Waals surface area contributed by atoms with Gasteiger partial charge < -0.3 is 10.2 Å². The number of rotatable bonds is 5. The summed E-state index contributed by atoms with van der Waals surface area (Å²) >= 11 is 0. The van der Waals surface area contributed by atoms with Crippen molar-refractivity contribution in [3.8, 4) is 0 Å². The first kappa shape index (κ1) is 23.3. The zero-order chi connectivity index (χ0) is 23.8. The summed E-state index contributed by atoms with van der Waals surface area (Å²) < 4.78 is 38.6. The molecule has 1 atom stereocenters. The van der Waals surface area contributed by atoms with Crippen molar-refractivity contribution in [3.63, 3.8) is 0 Å². The lowest BCUT2D eigenvalue weighted by Crippen LogP contribution is -2.51. The zero-order valence-corrected chi connectivity index (χ0v) is 18.8. The molecular weight excluding hydrogens is 431 g/mol. The topological polar surface area (TPSA) is 52.7 Å². The van der Waals surface area contributed by atoms with Gasteiger partial charge in [-0.15, -0.1) is 0 Å². The van der Waals surface area contributed by atoms with Crippen LogP contribution in [0.2, 0.25) is 0 Å². The number of fused-ring (bicyclic) bond motifs is 2. The molecule has 2 amide bonds. The Morgan fingerprint density at radius 2 is 1.76 bits per heavy atom. The second-order valence-electron chi connectivity index (χ2n) is 9.04. The quantitative estimate of drug-likeness (QED) is 0.737. The number of alkyl halides is 3. The predicted molar refractivity (Wildman–Crippen MR) is 120 cm³/mol. The van der Waals surface area contributed by atoms with Crippen LogP contribution >= 0.6 is 0 Å². The van der Waals surface area contributed by atoms with Crippen LogP contribution in [0.3, 0.4) is 0 Å². The average molecular weight is 460 g/mol. The Kier molecular flexibility index (Phi) is 6.22. The van der Waals surface area contributed by atoms with Gasteiger partial charge in [0.05, 0.1) is 5.41 Å². The molecule has 176 valence electrons. The van der Waals surface area contributed by atoms with E-state index in [1.54, 1.807) is 6.07 Å². The molecule has 5 nitrogen and oxygen atoms in total. The first-order valence-corrected chi connectivity index (χ1v) is 11.2. The van der Waals surface area contributed by atoms with Crippen molar-refractivity contribution >= 4 is 17.5 Å². The lowest BCUT2D eigenvalue weighted by Gasteiger charge is -2.39. The van der Waals surface area contributed by atoms with E-state index in [0.29, 0.717) is 18.5 Å². The third-order valence-corrected chi connectivity index (χ3v) is 6.80. The molecule has 2 aromatic rings. The fraction of sp³-hybridized carbons (Fsp3) is 0.440. The van der Waals surface area contributed by atoms with Crippen LogP contribution in [0.4, 0.5) is 18.9 Å². The molecular formula is C25H28F3N3O2. The zero-order valence-electron chi connectivity index (χ0n) is 18.8. The van der Waals surface area contributed by atoms with Gasteiger partial charge in [0.15, 0.2) is 0 Å². The van der Waals surface area contributed by atoms with Gasteiger partial charge in [0.1, 0.15) is 12.6 Å². The van der Waals surface area contributed by atoms with Crippen LogP contribution in [-0.2, 0) is 21.5 Å². The number of aryl methyl sites for hydroxylation is 1. The number of anilines is 1. The fourth-order valence-corrected chi connectivity index (χ4v) is 5.04. The Balaban J connectivity index is 1.53. The number of halogens is 3. The minimum Gasteiger partial charge on any atom is -0.343 e. The SMILES string of the molecule is Cc1cccc2c1C1(CCN(Cc3ccccc3)CC1)C(=O)N2CC(=O)NC(C)C(F)(F)F. The first-order valence-electron chi connectivity index (χ1n) is 11.2. The number of benzene rings is 2. The van der Waals surface area contributed by atoms with Crippen molar-refractivity contribution in [2.75, 3.05) is 24.5 Å². The molecule has 1 unspecified atom stereocenters. The number of piperidine rings is 1. The van der Waals surface area contributed by atoms with Gasteiger partial charge in [-0.3, -0.25) is 14.5 Å². The van der Waals surface area contributed by atoms with Gasteiger partial charge in [-0.25, -0.2) is 0 Å². The van der Waals surface area contributed by atoms with Crippen LogP contribution < -0.4 is 10.2 Å². The highest BCUT2D eigenvalue weighted by atomic mass is 19.4. The molecule has 0 saturated carbocycles. The second kappa shape index (κ2) is 8.82. The van der Waals surface area contributed by atoms with Crippen LogP contribution in [0.1, 0.15) is 36.5 Å². The van der Waals surface area contributed by atoms with Crippen molar-refractivity contribution < 1.29 is 22.8 Å². The molecule has 0 aromatic heterocycles. The Labute approximate surface area is 191 Å². The van der Waals surface area contributed by atoms with Crippen LogP contribution in [0.5, 0.6) is 0 Å².